The van der Waals surface area contributed by atoms with Crippen LogP contribution in [0.5, 0.6) is 11.5 Å². The molecule has 1 heterocycles. The minimum atomic E-state index is -0.554. The number of fused-ring (bicyclic) bond motifs is 1. The van der Waals surface area contributed by atoms with Gasteiger partial charge in [0.15, 0.2) is 11.5 Å². The number of hydrogen-bond acceptors (Lipinski definition) is 5. The molecule has 0 atom stereocenters. The number of rotatable bonds is 4. The molecule has 0 saturated carbocycles. The first-order valence-electron chi connectivity index (χ1n) is 6.19. The molecule has 1 amide bonds. The Hall–Kier alpha value is -1.95. The van der Waals surface area contributed by atoms with Crippen molar-refractivity contribution >= 4 is 6.09 Å². The molecule has 0 fully saturated rings. The van der Waals surface area contributed by atoms with Gasteiger partial charge in [0.25, 0.3) is 0 Å². The van der Waals surface area contributed by atoms with Crippen LogP contribution in [0, 0.1) is 0 Å². The molecular weight excluding hydrogens is 250 g/mol. The highest BCUT2D eigenvalue weighted by Gasteiger charge is 2.11. The molecule has 0 aromatic heterocycles. The van der Waals surface area contributed by atoms with E-state index in [1.165, 1.54) is 0 Å². The SMILES string of the molecule is O=C(NCCO)OCc1ccc2c(c1)OCCCO2. The largest absolute Gasteiger partial charge is 0.490 e. The highest BCUT2D eigenvalue weighted by molar-refractivity contribution is 5.67. The summed E-state index contributed by atoms with van der Waals surface area (Å²) in [4.78, 5) is 11.2. The van der Waals surface area contributed by atoms with Gasteiger partial charge in [-0.05, 0) is 17.7 Å². The highest BCUT2D eigenvalue weighted by atomic mass is 16.5. The molecule has 6 nitrogen and oxygen atoms in total. The van der Waals surface area contributed by atoms with Crippen LogP contribution >= 0.6 is 0 Å². The zero-order valence-corrected chi connectivity index (χ0v) is 10.6. The third-order valence-corrected chi connectivity index (χ3v) is 2.56. The van der Waals surface area contributed by atoms with Crippen LogP contribution in [0.4, 0.5) is 4.79 Å². The number of carbonyl (C=O) groups excluding carboxylic acids is 1. The van der Waals surface area contributed by atoms with Crippen molar-refractivity contribution in [1.29, 1.82) is 0 Å². The van der Waals surface area contributed by atoms with Crippen LogP contribution in [0.25, 0.3) is 0 Å². The number of alkyl carbamates (subject to hydrolysis) is 1. The topological polar surface area (TPSA) is 77.0 Å². The molecule has 1 aliphatic heterocycles. The Morgan fingerprint density at radius 1 is 1.32 bits per heavy atom. The molecular formula is C13H17NO5. The summed E-state index contributed by atoms with van der Waals surface area (Å²) in [6, 6.07) is 5.44. The van der Waals surface area contributed by atoms with Crippen LogP contribution in [0.1, 0.15) is 12.0 Å². The molecule has 1 aromatic rings. The van der Waals surface area contributed by atoms with Gasteiger partial charge < -0.3 is 24.6 Å². The summed E-state index contributed by atoms with van der Waals surface area (Å²) >= 11 is 0. The first-order chi connectivity index (χ1) is 9.29. The molecule has 2 rings (SSSR count). The lowest BCUT2D eigenvalue weighted by molar-refractivity contribution is 0.137. The van der Waals surface area contributed by atoms with E-state index < -0.39 is 6.09 Å². The maximum absolute atomic E-state index is 11.2. The van der Waals surface area contributed by atoms with E-state index in [2.05, 4.69) is 5.32 Å². The standard InChI is InChI=1S/C13H17NO5/c15-5-4-14-13(16)19-9-10-2-3-11-12(8-10)18-7-1-6-17-11/h2-3,8,15H,1,4-7,9H2,(H,14,16). The average molecular weight is 267 g/mol. The molecule has 0 unspecified atom stereocenters. The van der Waals surface area contributed by atoms with Gasteiger partial charge in [-0.15, -0.1) is 0 Å². The van der Waals surface area contributed by atoms with E-state index in [1.807, 2.05) is 12.1 Å². The van der Waals surface area contributed by atoms with Crippen LogP contribution in [-0.4, -0.2) is 37.6 Å². The molecule has 0 radical (unpaired) electrons. The van der Waals surface area contributed by atoms with E-state index in [4.69, 9.17) is 19.3 Å². The summed E-state index contributed by atoms with van der Waals surface area (Å²) in [5, 5.41) is 11.0. The van der Waals surface area contributed by atoms with Crippen molar-refractivity contribution in [3.05, 3.63) is 23.8 Å². The lowest BCUT2D eigenvalue weighted by Gasteiger charge is -2.10. The van der Waals surface area contributed by atoms with Gasteiger partial charge in [0, 0.05) is 13.0 Å². The van der Waals surface area contributed by atoms with Crippen molar-refractivity contribution in [2.75, 3.05) is 26.4 Å². The number of amides is 1. The van der Waals surface area contributed by atoms with Crippen LogP contribution in [0.15, 0.2) is 18.2 Å². The van der Waals surface area contributed by atoms with Crippen LogP contribution in [0.3, 0.4) is 0 Å². The number of ether oxygens (including phenoxy) is 3. The lowest BCUT2D eigenvalue weighted by Crippen LogP contribution is -2.26. The summed E-state index contributed by atoms with van der Waals surface area (Å²) in [5.74, 6) is 1.39. The van der Waals surface area contributed by atoms with Gasteiger partial charge in [0.2, 0.25) is 0 Å². The van der Waals surface area contributed by atoms with Gasteiger partial charge in [-0.25, -0.2) is 4.79 Å². The number of hydrogen-bond donors (Lipinski definition) is 2. The quantitative estimate of drug-likeness (QED) is 0.853. The smallest absolute Gasteiger partial charge is 0.407 e. The third kappa shape index (κ3) is 4.03. The van der Waals surface area contributed by atoms with Gasteiger partial charge >= 0.3 is 6.09 Å². The molecule has 104 valence electrons. The fraction of sp³-hybridized carbons (Fsp3) is 0.462. The molecule has 19 heavy (non-hydrogen) atoms. The molecule has 1 aromatic carbocycles. The maximum Gasteiger partial charge on any atom is 0.407 e. The number of nitrogens with one attached hydrogen (secondary N) is 1. The number of aliphatic hydroxyl groups excluding tert-OH is 1. The summed E-state index contributed by atoms with van der Waals surface area (Å²) in [6.45, 7) is 1.48. The Morgan fingerprint density at radius 2 is 2.11 bits per heavy atom. The number of carbonyl (C=O) groups is 1. The minimum Gasteiger partial charge on any atom is -0.490 e. The number of benzene rings is 1. The van der Waals surface area contributed by atoms with Crippen LogP contribution in [-0.2, 0) is 11.3 Å². The second kappa shape index (κ2) is 6.84. The summed E-state index contributed by atoms with van der Waals surface area (Å²) in [7, 11) is 0. The van der Waals surface area contributed by atoms with Crippen molar-refractivity contribution < 1.29 is 24.1 Å². The molecule has 0 saturated heterocycles. The van der Waals surface area contributed by atoms with Gasteiger partial charge in [-0.2, -0.15) is 0 Å². The Balaban J connectivity index is 1.90. The Labute approximate surface area is 111 Å². The van der Waals surface area contributed by atoms with Crippen molar-refractivity contribution in [1.82, 2.24) is 5.32 Å². The summed E-state index contributed by atoms with van der Waals surface area (Å²) in [6.07, 6.45) is 0.297. The predicted octanol–water partition coefficient (Wildman–Crippen LogP) is 1.07. The van der Waals surface area contributed by atoms with E-state index in [1.54, 1.807) is 6.07 Å². The van der Waals surface area contributed by atoms with E-state index in [-0.39, 0.29) is 19.8 Å². The fourth-order valence-corrected chi connectivity index (χ4v) is 1.66. The molecule has 0 spiro atoms. The minimum absolute atomic E-state index is 0.112. The van der Waals surface area contributed by atoms with Crippen molar-refractivity contribution in [3.63, 3.8) is 0 Å². The zero-order valence-electron chi connectivity index (χ0n) is 10.6. The van der Waals surface area contributed by atoms with E-state index in [0.29, 0.717) is 24.7 Å². The average Bonchev–Trinajstić information content (AvgIpc) is 2.67. The monoisotopic (exact) mass is 267 g/mol. The van der Waals surface area contributed by atoms with Gasteiger partial charge in [-0.1, -0.05) is 6.07 Å². The fourth-order valence-electron chi connectivity index (χ4n) is 1.66. The maximum atomic E-state index is 11.2. The van der Waals surface area contributed by atoms with Gasteiger partial charge in [0.05, 0.1) is 19.8 Å². The molecule has 1 aliphatic rings. The molecule has 6 heteroatoms. The van der Waals surface area contributed by atoms with Gasteiger partial charge in [0.1, 0.15) is 6.61 Å². The van der Waals surface area contributed by atoms with Gasteiger partial charge in [-0.3, -0.25) is 0 Å². The predicted molar refractivity (Wildman–Crippen MR) is 67.3 cm³/mol. The van der Waals surface area contributed by atoms with E-state index in [0.717, 1.165) is 12.0 Å². The van der Waals surface area contributed by atoms with Crippen LogP contribution in [0.2, 0.25) is 0 Å². The Morgan fingerprint density at radius 3 is 2.89 bits per heavy atom. The highest BCUT2D eigenvalue weighted by Crippen LogP contribution is 2.30. The molecule has 0 aliphatic carbocycles. The van der Waals surface area contributed by atoms with Crippen molar-refractivity contribution in [3.8, 4) is 11.5 Å². The Bertz CT molecular complexity index is 435. The molecule has 0 bridgehead atoms. The zero-order chi connectivity index (χ0) is 13.5. The third-order valence-electron chi connectivity index (χ3n) is 2.56. The van der Waals surface area contributed by atoms with Crippen LogP contribution < -0.4 is 14.8 Å². The van der Waals surface area contributed by atoms with E-state index >= 15 is 0 Å². The number of aliphatic hydroxyl groups is 1. The van der Waals surface area contributed by atoms with Crippen molar-refractivity contribution in [2.24, 2.45) is 0 Å². The summed E-state index contributed by atoms with van der Waals surface area (Å²) < 4.78 is 16.1. The normalized spacial score (nSPS) is 13.5. The first-order valence-corrected chi connectivity index (χ1v) is 6.19. The molecule has 2 N–H and O–H groups in total. The van der Waals surface area contributed by atoms with Crippen molar-refractivity contribution in [2.45, 2.75) is 13.0 Å². The Kier molecular flexibility index (Phi) is 4.85. The lowest BCUT2D eigenvalue weighted by atomic mass is 10.2. The first kappa shape index (κ1) is 13.5. The second-order valence-electron chi connectivity index (χ2n) is 4.06. The summed E-state index contributed by atoms with van der Waals surface area (Å²) in [5.41, 5.74) is 0.823. The van der Waals surface area contributed by atoms with E-state index in [9.17, 15) is 4.79 Å². The second-order valence-corrected chi connectivity index (χ2v) is 4.06.